The van der Waals surface area contributed by atoms with Crippen molar-refractivity contribution in [3.05, 3.63) is 29.8 Å². The van der Waals surface area contributed by atoms with Crippen LogP contribution in [0.2, 0.25) is 0 Å². The number of amides is 1. The molecule has 0 spiro atoms. The number of sulfonamides is 1. The minimum Gasteiger partial charge on any atom is -0.338 e. The summed E-state index contributed by atoms with van der Waals surface area (Å²) < 4.78 is 27.1. The highest BCUT2D eigenvalue weighted by atomic mass is 35.5. The maximum Gasteiger partial charge on any atom is 0.253 e. The Labute approximate surface area is 156 Å². The Bertz CT molecular complexity index is 694. The number of likely N-dealkylation sites (tertiary alicyclic amines) is 1. The molecule has 3 N–H and O–H groups in total. The molecule has 0 bridgehead atoms. The molecule has 1 heterocycles. The zero-order valence-electron chi connectivity index (χ0n) is 15.0. The van der Waals surface area contributed by atoms with E-state index in [4.69, 9.17) is 5.73 Å². The molecule has 0 aliphatic carbocycles. The van der Waals surface area contributed by atoms with E-state index < -0.39 is 10.0 Å². The average Bonchev–Trinajstić information content (AvgIpc) is 2.97. The molecule has 2 atom stereocenters. The van der Waals surface area contributed by atoms with Crippen LogP contribution < -0.4 is 10.5 Å². The van der Waals surface area contributed by atoms with Crippen molar-refractivity contribution in [1.82, 2.24) is 9.62 Å². The maximum atomic E-state index is 12.6. The zero-order valence-corrected chi connectivity index (χ0v) is 16.6. The normalized spacial score (nSPS) is 21.7. The van der Waals surface area contributed by atoms with Gasteiger partial charge in [-0.15, -0.1) is 12.4 Å². The van der Waals surface area contributed by atoms with E-state index in [2.05, 4.69) is 11.6 Å². The molecule has 25 heavy (non-hydrogen) atoms. The second-order valence-electron chi connectivity index (χ2n) is 6.95. The third-order valence-corrected chi connectivity index (χ3v) is 6.32. The topological polar surface area (TPSA) is 92.5 Å². The van der Waals surface area contributed by atoms with Crippen LogP contribution in [0, 0.1) is 5.41 Å². The first-order valence-corrected chi connectivity index (χ1v) is 9.81. The number of nitrogens with one attached hydrogen (secondary N) is 1. The van der Waals surface area contributed by atoms with Crippen LogP contribution in [0.3, 0.4) is 0 Å². The summed E-state index contributed by atoms with van der Waals surface area (Å²) >= 11 is 0. The number of carbonyl (C=O) groups is 1. The lowest BCUT2D eigenvalue weighted by atomic mass is 9.90. The van der Waals surface area contributed by atoms with Crippen molar-refractivity contribution < 1.29 is 13.2 Å². The largest absolute Gasteiger partial charge is 0.338 e. The van der Waals surface area contributed by atoms with Crippen molar-refractivity contribution in [2.75, 3.05) is 19.6 Å². The Morgan fingerprint density at radius 1 is 1.36 bits per heavy atom. The summed E-state index contributed by atoms with van der Waals surface area (Å²) in [6, 6.07) is 5.98. The first kappa shape index (κ1) is 21.9. The van der Waals surface area contributed by atoms with E-state index in [9.17, 15) is 13.2 Å². The van der Waals surface area contributed by atoms with E-state index in [1.807, 2.05) is 13.8 Å². The van der Waals surface area contributed by atoms with Crippen LogP contribution in [0.15, 0.2) is 29.2 Å². The van der Waals surface area contributed by atoms with Crippen LogP contribution in [0.1, 0.15) is 44.0 Å². The fourth-order valence-corrected chi connectivity index (χ4v) is 4.07. The molecular weight excluding hydrogens is 362 g/mol. The highest BCUT2D eigenvalue weighted by Gasteiger charge is 2.35. The fraction of sp³-hybridized carbons (Fsp3) is 0.588. The summed E-state index contributed by atoms with van der Waals surface area (Å²) in [7, 11) is -3.55. The number of hydrogen-bond donors (Lipinski definition) is 2. The van der Waals surface area contributed by atoms with Gasteiger partial charge in [-0.2, -0.15) is 0 Å². The Balaban J connectivity index is 0.00000312. The summed E-state index contributed by atoms with van der Waals surface area (Å²) in [6.45, 7) is 7.68. The number of hydrogen-bond acceptors (Lipinski definition) is 4. The van der Waals surface area contributed by atoms with Gasteiger partial charge in [-0.25, -0.2) is 13.1 Å². The van der Waals surface area contributed by atoms with E-state index in [1.165, 1.54) is 12.1 Å². The van der Waals surface area contributed by atoms with Gasteiger partial charge in [-0.05, 0) is 56.0 Å². The van der Waals surface area contributed by atoms with Crippen molar-refractivity contribution in [3.8, 4) is 0 Å². The van der Waals surface area contributed by atoms with Gasteiger partial charge in [0.05, 0.1) is 4.90 Å². The van der Waals surface area contributed by atoms with Gasteiger partial charge in [-0.1, -0.05) is 13.8 Å². The second kappa shape index (κ2) is 8.49. The third kappa shape index (κ3) is 5.17. The third-order valence-electron chi connectivity index (χ3n) is 4.72. The van der Waals surface area contributed by atoms with Crippen LogP contribution in [0.5, 0.6) is 0 Å². The Hall–Kier alpha value is -1.15. The summed E-state index contributed by atoms with van der Waals surface area (Å²) in [5, 5.41) is 0. The molecule has 8 heteroatoms. The van der Waals surface area contributed by atoms with Crippen molar-refractivity contribution in [2.45, 2.75) is 44.6 Å². The molecule has 0 aromatic heterocycles. The van der Waals surface area contributed by atoms with Crippen LogP contribution in [0.4, 0.5) is 0 Å². The molecule has 0 radical (unpaired) electrons. The van der Waals surface area contributed by atoms with Crippen molar-refractivity contribution >= 4 is 28.3 Å². The minimum absolute atomic E-state index is 0. The molecule has 1 saturated heterocycles. The van der Waals surface area contributed by atoms with Crippen LogP contribution >= 0.6 is 12.4 Å². The first-order chi connectivity index (χ1) is 11.2. The highest BCUT2D eigenvalue weighted by Crippen LogP contribution is 2.29. The molecule has 1 aromatic rings. The number of halogens is 1. The number of carbonyl (C=O) groups excluding carboxylic acids is 1. The Morgan fingerprint density at radius 3 is 2.44 bits per heavy atom. The van der Waals surface area contributed by atoms with E-state index in [-0.39, 0.29) is 34.7 Å². The molecule has 1 aliphatic rings. The summed E-state index contributed by atoms with van der Waals surface area (Å²) in [6.07, 6.45) is 1.60. The van der Waals surface area contributed by atoms with Gasteiger partial charge in [0.25, 0.3) is 5.91 Å². The summed E-state index contributed by atoms with van der Waals surface area (Å²) in [5.74, 6) is -0.0778. The second-order valence-corrected chi connectivity index (χ2v) is 8.66. The molecule has 1 fully saturated rings. The van der Waals surface area contributed by atoms with Gasteiger partial charge in [0.1, 0.15) is 0 Å². The number of nitrogens with zero attached hydrogens (tertiary/aromatic N) is 1. The SMILES string of the molecule is CCC(C)NS(=O)(=O)c1ccc(C(=O)N2CCC(C)(CN)C2)cc1.Cl. The molecule has 0 saturated carbocycles. The Morgan fingerprint density at radius 2 is 1.96 bits per heavy atom. The minimum atomic E-state index is -3.55. The molecule has 2 unspecified atom stereocenters. The lowest BCUT2D eigenvalue weighted by Crippen LogP contribution is -2.34. The van der Waals surface area contributed by atoms with Gasteiger partial charge < -0.3 is 10.6 Å². The predicted octanol–water partition coefficient (Wildman–Crippen LogP) is 2.00. The molecular formula is C17H28ClN3O3S. The maximum absolute atomic E-state index is 12.6. The van der Waals surface area contributed by atoms with E-state index in [1.54, 1.807) is 17.0 Å². The molecule has 1 amide bonds. The fourth-order valence-electron chi connectivity index (χ4n) is 2.74. The summed E-state index contributed by atoms with van der Waals surface area (Å²) in [5.41, 5.74) is 6.25. The van der Waals surface area contributed by atoms with Crippen molar-refractivity contribution in [3.63, 3.8) is 0 Å². The zero-order chi connectivity index (χ0) is 18.0. The molecule has 142 valence electrons. The lowest BCUT2D eigenvalue weighted by molar-refractivity contribution is 0.0777. The lowest BCUT2D eigenvalue weighted by Gasteiger charge is -2.22. The van der Waals surface area contributed by atoms with E-state index >= 15 is 0 Å². The first-order valence-electron chi connectivity index (χ1n) is 8.32. The molecule has 6 nitrogen and oxygen atoms in total. The number of benzene rings is 1. The molecule has 2 rings (SSSR count). The summed E-state index contributed by atoms with van der Waals surface area (Å²) in [4.78, 5) is 14.5. The predicted molar refractivity (Wildman–Crippen MR) is 101 cm³/mol. The number of rotatable bonds is 6. The van der Waals surface area contributed by atoms with Gasteiger partial charge in [0.2, 0.25) is 10.0 Å². The quantitative estimate of drug-likeness (QED) is 0.778. The van der Waals surface area contributed by atoms with Gasteiger partial charge >= 0.3 is 0 Å². The van der Waals surface area contributed by atoms with E-state index in [0.717, 1.165) is 6.42 Å². The highest BCUT2D eigenvalue weighted by molar-refractivity contribution is 7.89. The van der Waals surface area contributed by atoms with Crippen LogP contribution in [0.25, 0.3) is 0 Å². The standard InChI is InChI=1S/C17H27N3O3S.ClH/c1-4-13(2)19-24(22,23)15-7-5-14(6-8-15)16(21)20-10-9-17(3,11-18)12-20;/h5-8,13,19H,4,9-12,18H2,1-3H3;1H. The van der Waals surface area contributed by atoms with Crippen LogP contribution in [-0.4, -0.2) is 44.9 Å². The monoisotopic (exact) mass is 389 g/mol. The van der Waals surface area contributed by atoms with Gasteiger partial charge in [-0.3, -0.25) is 4.79 Å². The Kier molecular flexibility index (Phi) is 7.43. The van der Waals surface area contributed by atoms with Gasteiger partial charge in [0, 0.05) is 24.7 Å². The molecule has 1 aliphatic heterocycles. The van der Waals surface area contributed by atoms with Crippen molar-refractivity contribution in [2.24, 2.45) is 11.1 Å². The molecule has 1 aromatic carbocycles. The van der Waals surface area contributed by atoms with Gasteiger partial charge in [0.15, 0.2) is 0 Å². The smallest absolute Gasteiger partial charge is 0.253 e. The van der Waals surface area contributed by atoms with Crippen LogP contribution in [-0.2, 0) is 10.0 Å². The van der Waals surface area contributed by atoms with E-state index in [0.29, 0.717) is 31.6 Å². The average molecular weight is 390 g/mol. The van der Waals surface area contributed by atoms with Crippen molar-refractivity contribution in [1.29, 1.82) is 0 Å². The number of nitrogens with two attached hydrogens (primary N) is 1.